The van der Waals surface area contributed by atoms with Crippen LogP contribution in [0.1, 0.15) is 43.4 Å². The Bertz CT molecular complexity index is 472. The van der Waals surface area contributed by atoms with Crippen LogP contribution >= 0.6 is 0 Å². The van der Waals surface area contributed by atoms with Crippen LogP contribution in [0.3, 0.4) is 0 Å². The molecule has 0 saturated carbocycles. The van der Waals surface area contributed by atoms with Gasteiger partial charge in [-0.25, -0.2) is 4.98 Å². The molecular weight excluding hydrogens is 238 g/mol. The second kappa shape index (κ2) is 4.99. The number of nitrogens with one attached hydrogen (secondary N) is 1. The zero-order chi connectivity index (χ0) is 13.4. The number of amides is 1. The molecule has 19 heavy (non-hydrogen) atoms. The number of carbonyl (C=O) groups excluding carboxylic acids is 1. The number of hydrogen-bond acceptors (Lipinski definition) is 2. The second-order valence-corrected chi connectivity index (χ2v) is 6.19. The molecule has 0 bridgehead atoms. The lowest BCUT2D eigenvalue weighted by molar-refractivity contribution is -0.137. The summed E-state index contributed by atoms with van der Waals surface area (Å²) in [6, 6.07) is 0. The van der Waals surface area contributed by atoms with Crippen molar-refractivity contribution in [2.45, 2.75) is 46.0 Å². The van der Waals surface area contributed by atoms with Crippen molar-refractivity contribution in [2.75, 3.05) is 13.1 Å². The second-order valence-electron chi connectivity index (χ2n) is 6.19. The Labute approximate surface area is 114 Å². The maximum Gasteiger partial charge on any atom is 0.226 e. The maximum absolute atomic E-state index is 12.6. The molecule has 0 aromatic carbocycles. The van der Waals surface area contributed by atoms with Gasteiger partial charge in [0.2, 0.25) is 5.91 Å². The summed E-state index contributed by atoms with van der Waals surface area (Å²) in [6.07, 6.45) is 5.07. The summed E-state index contributed by atoms with van der Waals surface area (Å²) >= 11 is 0. The highest BCUT2D eigenvalue weighted by Crippen LogP contribution is 2.27. The smallest absolute Gasteiger partial charge is 0.226 e. The molecule has 1 N–H and O–H groups in total. The summed E-state index contributed by atoms with van der Waals surface area (Å²) in [6.45, 7) is 6.17. The van der Waals surface area contributed by atoms with E-state index < -0.39 is 0 Å². The van der Waals surface area contributed by atoms with E-state index in [1.54, 1.807) is 0 Å². The van der Waals surface area contributed by atoms with E-state index in [0.29, 0.717) is 5.91 Å². The molecule has 3 rings (SSSR count). The Morgan fingerprint density at radius 3 is 2.79 bits per heavy atom. The Kier molecular flexibility index (Phi) is 3.33. The monoisotopic (exact) mass is 261 g/mol. The van der Waals surface area contributed by atoms with E-state index in [0.717, 1.165) is 56.9 Å². The molecule has 4 nitrogen and oxygen atoms in total. The number of imidazole rings is 1. The molecule has 1 amide bonds. The Balaban J connectivity index is 1.66. The van der Waals surface area contributed by atoms with Crippen molar-refractivity contribution in [1.82, 2.24) is 14.9 Å². The van der Waals surface area contributed by atoms with Gasteiger partial charge in [-0.1, -0.05) is 6.92 Å². The molecule has 104 valence electrons. The number of hydrogen-bond donors (Lipinski definition) is 1. The van der Waals surface area contributed by atoms with Crippen LogP contribution in [0, 0.1) is 18.8 Å². The largest absolute Gasteiger partial charge is 0.346 e. The number of piperidine rings is 1. The average molecular weight is 261 g/mol. The van der Waals surface area contributed by atoms with E-state index in [-0.39, 0.29) is 5.92 Å². The Hall–Kier alpha value is -1.32. The lowest BCUT2D eigenvalue weighted by Crippen LogP contribution is -2.42. The van der Waals surface area contributed by atoms with Crippen LogP contribution in [-0.2, 0) is 17.6 Å². The molecule has 1 aliphatic carbocycles. The summed E-state index contributed by atoms with van der Waals surface area (Å²) in [7, 11) is 0. The number of rotatable bonds is 1. The highest BCUT2D eigenvalue weighted by Gasteiger charge is 2.31. The van der Waals surface area contributed by atoms with Crippen molar-refractivity contribution in [1.29, 1.82) is 0 Å². The minimum absolute atomic E-state index is 0.167. The molecule has 4 heteroatoms. The molecule has 1 aliphatic heterocycles. The predicted octanol–water partition coefficient (Wildman–Crippen LogP) is 2.08. The summed E-state index contributed by atoms with van der Waals surface area (Å²) in [5, 5.41) is 0. The van der Waals surface area contributed by atoms with Gasteiger partial charge in [-0.3, -0.25) is 4.79 Å². The first-order chi connectivity index (χ1) is 9.13. The third kappa shape index (κ3) is 2.53. The van der Waals surface area contributed by atoms with E-state index in [1.807, 2.05) is 6.92 Å². The summed E-state index contributed by atoms with van der Waals surface area (Å²) in [4.78, 5) is 22.4. The van der Waals surface area contributed by atoms with E-state index >= 15 is 0 Å². The first-order valence-electron chi connectivity index (χ1n) is 7.46. The van der Waals surface area contributed by atoms with Gasteiger partial charge in [0.1, 0.15) is 5.82 Å². The average Bonchev–Trinajstić information content (AvgIpc) is 2.77. The van der Waals surface area contributed by atoms with Gasteiger partial charge < -0.3 is 9.88 Å². The van der Waals surface area contributed by atoms with Crippen LogP contribution in [0.2, 0.25) is 0 Å². The van der Waals surface area contributed by atoms with Crippen LogP contribution in [0.5, 0.6) is 0 Å². The zero-order valence-electron chi connectivity index (χ0n) is 11.9. The quantitative estimate of drug-likeness (QED) is 0.841. The third-order valence-corrected chi connectivity index (χ3v) is 4.61. The number of H-pyrrole nitrogens is 1. The Morgan fingerprint density at radius 2 is 2.05 bits per heavy atom. The van der Waals surface area contributed by atoms with Gasteiger partial charge in [0.25, 0.3) is 0 Å². The molecule has 2 heterocycles. The maximum atomic E-state index is 12.6. The number of fused-ring (bicyclic) bond motifs is 1. The fourth-order valence-corrected chi connectivity index (χ4v) is 3.32. The number of likely N-dealkylation sites (tertiary alicyclic amines) is 1. The highest BCUT2D eigenvalue weighted by atomic mass is 16.2. The van der Waals surface area contributed by atoms with Crippen molar-refractivity contribution in [3.63, 3.8) is 0 Å². The molecular formula is C15H23N3O. The van der Waals surface area contributed by atoms with Crippen LogP contribution in [-0.4, -0.2) is 33.9 Å². The van der Waals surface area contributed by atoms with E-state index in [2.05, 4.69) is 21.8 Å². The molecule has 0 spiro atoms. The van der Waals surface area contributed by atoms with Crippen LogP contribution in [0.15, 0.2) is 0 Å². The van der Waals surface area contributed by atoms with Crippen LogP contribution in [0.4, 0.5) is 0 Å². The van der Waals surface area contributed by atoms with Crippen molar-refractivity contribution in [2.24, 2.45) is 11.8 Å². The standard InChI is InChI=1S/C15H23N3O/c1-10-5-7-18(8-6-10)15(19)12-3-4-13-14(9-12)17-11(2)16-13/h10,12H,3-9H2,1-2H3,(H,16,17). The van der Waals surface area contributed by atoms with E-state index in [9.17, 15) is 4.79 Å². The lowest BCUT2D eigenvalue weighted by Gasteiger charge is -2.34. The van der Waals surface area contributed by atoms with Gasteiger partial charge in [0, 0.05) is 31.1 Å². The van der Waals surface area contributed by atoms with Crippen LogP contribution in [0.25, 0.3) is 0 Å². The van der Waals surface area contributed by atoms with Gasteiger partial charge in [-0.2, -0.15) is 0 Å². The van der Waals surface area contributed by atoms with Gasteiger partial charge >= 0.3 is 0 Å². The summed E-state index contributed by atoms with van der Waals surface area (Å²) in [5.41, 5.74) is 2.36. The van der Waals surface area contributed by atoms with Gasteiger partial charge in [-0.05, 0) is 38.5 Å². The van der Waals surface area contributed by atoms with Gasteiger partial charge in [-0.15, -0.1) is 0 Å². The van der Waals surface area contributed by atoms with E-state index in [1.165, 1.54) is 11.4 Å². The topological polar surface area (TPSA) is 49.0 Å². The van der Waals surface area contributed by atoms with Crippen molar-refractivity contribution < 1.29 is 4.79 Å². The number of carbonyl (C=O) groups is 1. The van der Waals surface area contributed by atoms with Crippen molar-refractivity contribution in [3.8, 4) is 0 Å². The molecule has 1 unspecified atom stereocenters. The summed E-state index contributed by atoms with van der Waals surface area (Å²) in [5.74, 6) is 2.28. The lowest BCUT2D eigenvalue weighted by atomic mass is 9.88. The van der Waals surface area contributed by atoms with Gasteiger partial charge in [0.15, 0.2) is 0 Å². The molecule has 2 aliphatic rings. The SMILES string of the molecule is Cc1nc2c([nH]1)CC(C(=O)N1CCC(C)CC1)CC2. The van der Waals surface area contributed by atoms with Crippen LogP contribution < -0.4 is 0 Å². The molecule has 1 saturated heterocycles. The van der Waals surface area contributed by atoms with E-state index in [4.69, 9.17) is 0 Å². The Morgan fingerprint density at radius 1 is 1.32 bits per heavy atom. The highest BCUT2D eigenvalue weighted by molar-refractivity contribution is 5.79. The third-order valence-electron chi connectivity index (χ3n) is 4.61. The molecule has 1 fully saturated rings. The zero-order valence-corrected chi connectivity index (χ0v) is 11.9. The minimum atomic E-state index is 0.167. The van der Waals surface area contributed by atoms with Gasteiger partial charge in [0.05, 0.1) is 5.69 Å². The molecule has 0 radical (unpaired) electrons. The van der Waals surface area contributed by atoms with Crippen molar-refractivity contribution >= 4 is 5.91 Å². The molecule has 1 aromatic rings. The number of nitrogens with zero attached hydrogens (tertiary/aromatic N) is 2. The fourth-order valence-electron chi connectivity index (χ4n) is 3.32. The predicted molar refractivity (Wildman–Crippen MR) is 73.8 cm³/mol. The normalized spacial score (nSPS) is 24.3. The molecule has 1 aromatic heterocycles. The first-order valence-corrected chi connectivity index (χ1v) is 7.46. The number of aromatic amines is 1. The number of aryl methyl sites for hydroxylation is 2. The number of aromatic nitrogens is 2. The summed E-state index contributed by atoms with van der Waals surface area (Å²) < 4.78 is 0. The minimum Gasteiger partial charge on any atom is -0.346 e. The first kappa shape index (κ1) is 12.7. The molecule has 1 atom stereocenters. The fraction of sp³-hybridized carbons (Fsp3) is 0.733. The van der Waals surface area contributed by atoms with Crippen molar-refractivity contribution in [3.05, 3.63) is 17.2 Å².